The van der Waals surface area contributed by atoms with Crippen molar-refractivity contribution in [1.82, 2.24) is 15.2 Å². The first-order valence-electron chi connectivity index (χ1n) is 3.54. The van der Waals surface area contributed by atoms with Crippen LogP contribution in [0, 0.1) is 0 Å². The van der Waals surface area contributed by atoms with E-state index < -0.39 is 0 Å². The van der Waals surface area contributed by atoms with E-state index in [0.29, 0.717) is 0 Å². The summed E-state index contributed by atoms with van der Waals surface area (Å²) in [6, 6.07) is 5.20. The maximum absolute atomic E-state index is 10.8. The Kier molecular flexibility index (Phi) is 1.51. The summed E-state index contributed by atoms with van der Waals surface area (Å²) in [5.41, 5.74) is 1.53. The molecule has 0 spiro atoms. The fraction of sp³-hybridized carbons (Fsp3) is 0. The number of rotatable bonds is 1. The second-order valence-electron chi connectivity index (χ2n) is 2.41. The van der Waals surface area contributed by atoms with Crippen LogP contribution in [0.25, 0.3) is 11.3 Å². The zero-order valence-corrected chi connectivity index (χ0v) is 6.24. The standard InChI is InChI=1S/C8H7N3O/c12-8-4-7(10-11-8)6-2-1-3-9-5-6/h1-5H,(H2,10,11,12). The molecule has 2 N–H and O–H groups in total. The first-order chi connectivity index (χ1) is 5.86. The first-order valence-corrected chi connectivity index (χ1v) is 3.54. The lowest BCUT2D eigenvalue weighted by atomic mass is 10.2. The predicted molar refractivity (Wildman–Crippen MR) is 44.6 cm³/mol. The normalized spacial score (nSPS) is 10.0. The smallest absolute Gasteiger partial charge is 0.264 e. The van der Waals surface area contributed by atoms with E-state index in [1.54, 1.807) is 12.4 Å². The lowest BCUT2D eigenvalue weighted by Gasteiger charge is -1.92. The molecule has 0 radical (unpaired) electrons. The van der Waals surface area contributed by atoms with Crippen molar-refractivity contribution >= 4 is 0 Å². The molecule has 12 heavy (non-hydrogen) atoms. The molecule has 2 heterocycles. The van der Waals surface area contributed by atoms with Gasteiger partial charge in [0.25, 0.3) is 5.56 Å². The maximum atomic E-state index is 10.8. The predicted octanol–water partition coefficient (Wildman–Crippen LogP) is 0.765. The van der Waals surface area contributed by atoms with Gasteiger partial charge in [0, 0.05) is 24.0 Å². The SMILES string of the molecule is O=c1cc(-c2cccnc2)[nH][nH]1. The van der Waals surface area contributed by atoms with E-state index in [0.717, 1.165) is 11.3 Å². The van der Waals surface area contributed by atoms with Gasteiger partial charge in [-0.3, -0.25) is 20.0 Å². The minimum Gasteiger partial charge on any atom is -0.297 e. The highest BCUT2D eigenvalue weighted by Crippen LogP contribution is 2.10. The molecule has 0 saturated carbocycles. The topological polar surface area (TPSA) is 61.5 Å². The van der Waals surface area contributed by atoms with Gasteiger partial charge in [0.1, 0.15) is 0 Å². The van der Waals surface area contributed by atoms with E-state index >= 15 is 0 Å². The summed E-state index contributed by atoms with van der Waals surface area (Å²) in [4.78, 5) is 14.7. The van der Waals surface area contributed by atoms with E-state index in [2.05, 4.69) is 15.2 Å². The van der Waals surface area contributed by atoms with Crippen molar-refractivity contribution in [3.63, 3.8) is 0 Å². The van der Waals surface area contributed by atoms with Gasteiger partial charge in [-0.1, -0.05) is 0 Å². The number of hydrogen-bond donors (Lipinski definition) is 2. The van der Waals surface area contributed by atoms with Crippen molar-refractivity contribution in [2.45, 2.75) is 0 Å². The lowest BCUT2D eigenvalue weighted by Crippen LogP contribution is -1.93. The van der Waals surface area contributed by atoms with Gasteiger partial charge >= 0.3 is 0 Å². The van der Waals surface area contributed by atoms with E-state index in [1.165, 1.54) is 6.07 Å². The van der Waals surface area contributed by atoms with Gasteiger partial charge < -0.3 is 0 Å². The van der Waals surface area contributed by atoms with Crippen LogP contribution in [0.2, 0.25) is 0 Å². The number of nitrogens with zero attached hydrogens (tertiary/aromatic N) is 1. The third-order valence-corrected chi connectivity index (χ3v) is 1.57. The Hall–Kier alpha value is -1.84. The molecule has 0 fully saturated rings. The largest absolute Gasteiger partial charge is 0.297 e. The average molecular weight is 161 g/mol. The highest BCUT2D eigenvalue weighted by molar-refractivity contribution is 5.56. The second kappa shape index (κ2) is 2.65. The Morgan fingerprint density at radius 1 is 1.33 bits per heavy atom. The van der Waals surface area contributed by atoms with Crippen molar-refractivity contribution in [3.8, 4) is 11.3 Å². The Morgan fingerprint density at radius 3 is 2.83 bits per heavy atom. The highest BCUT2D eigenvalue weighted by Gasteiger charge is 1.97. The summed E-state index contributed by atoms with van der Waals surface area (Å²) in [6.07, 6.45) is 3.38. The van der Waals surface area contributed by atoms with Gasteiger partial charge in [-0.15, -0.1) is 0 Å². The molecular weight excluding hydrogens is 154 g/mol. The zero-order valence-electron chi connectivity index (χ0n) is 6.24. The van der Waals surface area contributed by atoms with Crippen molar-refractivity contribution in [3.05, 3.63) is 40.9 Å². The summed E-state index contributed by atoms with van der Waals surface area (Å²) in [5.74, 6) is 0. The molecule has 2 rings (SSSR count). The van der Waals surface area contributed by atoms with Gasteiger partial charge in [-0.2, -0.15) is 0 Å². The van der Waals surface area contributed by atoms with Crippen LogP contribution >= 0.6 is 0 Å². The van der Waals surface area contributed by atoms with Gasteiger partial charge in [-0.05, 0) is 12.1 Å². The van der Waals surface area contributed by atoms with Crippen LogP contribution in [0.5, 0.6) is 0 Å². The lowest BCUT2D eigenvalue weighted by molar-refractivity contribution is 1.06. The van der Waals surface area contributed by atoms with Gasteiger partial charge in [0.2, 0.25) is 0 Å². The van der Waals surface area contributed by atoms with Gasteiger partial charge in [-0.25, -0.2) is 0 Å². The van der Waals surface area contributed by atoms with E-state index in [4.69, 9.17) is 0 Å². The molecule has 4 nitrogen and oxygen atoms in total. The van der Waals surface area contributed by atoms with Crippen LogP contribution in [-0.4, -0.2) is 15.2 Å². The Balaban J connectivity index is 2.51. The molecule has 0 atom stereocenters. The highest BCUT2D eigenvalue weighted by atomic mass is 16.1. The number of hydrogen-bond acceptors (Lipinski definition) is 2. The van der Waals surface area contributed by atoms with Crippen LogP contribution in [0.4, 0.5) is 0 Å². The molecule has 0 aromatic carbocycles. The number of aromatic nitrogens is 3. The molecule has 2 aromatic heterocycles. The molecule has 0 amide bonds. The number of aromatic amines is 2. The Bertz CT molecular complexity index is 415. The van der Waals surface area contributed by atoms with Crippen LogP contribution in [-0.2, 0) is 0 Å². The third kappa shape index (κ3) is 1.14. The Morgan fingerprint density at radius 2 is 2.25 bits per heavy atom. The minimum absolute atomic E-state index is 0.131. The van der Waals surface area contributed by atoms with Gasteiger partial charge in [0.05, 0.1) is 5.69 Å². The average Bonchev–Trinajstić information content (AvgIpc) is 2.54. The molecule has 2 aromatic rings. The first kappa shape index (κ1) is 6.84. The molecule has 0 saturated heterocycles. The minimum atomic E-state index is -0.131. The summed E-state index contributed by atoms with van der Waals surface area (Å²) in [6.45, 7) is 0. The van der Waals surface area contributed by atoms with Crippen LogP contribution < -0.4 is 5.56 Å². The molecule has 60 valence electrons. The Labute approximate surface area is 68.3 Å². The fourth-order valence-corrected chi connectivity index (χ4v) is 1.01. The number of H-pyrrole nitrogens is 2. The van der Waals surface area contributed by atoms with Crippen LogP contribution in [0.3, 0.4) is 0 Å². The van der Waals surface area contributed by atoms with E-state index in [9.17, 15) is 4.79 Å². The van der Waals surface area contributed by atoms with Crippen molar-refractivity contribution in [2.75, 3.05) is 0 Å². The summed E-state index contributed by atoms with van der Waals surface area (Å²) < 4.78 is 0. The van der Waals surface area contributed by atoms with E-state index in [-0.39, 0.29) is 5.56 Å². The molecular formula is C8H7N3O. The summed E-state index contributed by atoms with van der Waals surface area (Å²) in [7, 11) is 0. The maximum Gasteiger partial charge on any atom is 0.264 e. The molecule has 0 aliphatic heterocycles. The van der Waals surface area contributed by atoms with Crippen molar-refractivity contribution in [2.24, 2.45) is 0 Å². The quantitative estimate of drug-likeness (QED) is 0.648. The molecule has 0 aliphatic rings. The third-order valence-electron chi connectivity index (χ3n) is 1.57. The zero-order chi connectivity index (χ0) is 8.39. The van der Waals surface area contributed by atoms with Crippen LogP contribution in [0.1, 0.15) is 0 Å². The van der Waals surface area contributed by atoms with Crippen molar-refractivity contribution < 1.29 is 0 Å². The number of pyridine rings is 1. The molecule has 0 bridgehead atoms. The van der Waals surface area contributed by atoms with Gasteiger partial charge in [0.15, 0.2) is 0 Å². The fourth-order valence-electron chi connectivity index (χ4n) is 1.01. The number of nitrogens with one attached hydrogen (secondary N) is 2. The molecule has 0 unspecified atom stereocenters. The molecule has 0 aliphatic carbocycles. The monoisotopic (exact) mass is 161 g/mol. The molecule has 4 heteroatoms. The van der Waals surface area contributed by atoms with E-state index in [1.807, 2.05) is 12.1 Å². The summed E-state index contributed by atoms with van der Waals surface area (Å²) in [5, 5.41) is 5.20. The summed E-state index contributed by atoms with van der Waals surface area (Å²) >= 11 is 0. The van der Waals surface area contributed by atoms with Crippen molar-refractivity contribution in [1.29, 1.82) is 0 Å². The van der Waals surface area contributed by atoms with Crippen LogP contribution in [0.15, 0.2) is 35.4 Å². The second-order valence-corrected chi connectivity index (χ2v) is 2.41.